The fraction of sp³-hybridized carbons (Fsp3) is 0.333. The minimum Gasteiger partial charge on any atom is -0.380 e. The molecule has 0 aliphatic carbocycles. The molecule has 27 heavy (non-hydrogen) atoms. The molecule has 2 N–H and O–H groups in total. The molecule has 0 aliphatic rings. The Bertz CT molecular complexity index is 861. The first-order valence-corrected chi connectivity index (χ1v) is 9.35. The summed E-state index contributed by atoms with van der Waals surface area (Å²) in [4.78, 5) is 17.0. The number of anilines is 1. The van der Waals surface area contributed by atoms with Crippen LogP contribution in [0.25, 0.3) is 11.0 Å². The number of hydrogen-bond donors (Lipinski definition) is 2. The Kier molecular flexibility index (Phi) is 6.82. The van der Waals surface area contributed by atoms with Gasteiger partial charge in [0, 0.05) is 19.7 Å². The average molecular weight is 366 g/mol. The summed E-state index contributed by atoms with van der Waals surface area (Å²) in [7, 11) is 0. The van der Waals surface area contributed by atoms with Crippen molar-refractivity contribution in [3.05, 3.63) is 60.2 Å². The first kappa shape index (κ1) is 18.9. The molecule has 0 fully saturated rings. The molecule has 2 aromatic carbocycles. The molecule has 0 unspecified atom stereocenters. The fourth-order valence-corrected chi connectivity index (χ4v) is 2.86. The number of aromatic nitrogens is 2. The molecular formula is C21H26N4O2. The van der Waals surface area contributed by atoms with Crippen molar-refractivity contribution in [1.82, 2.24) is 14.9 Å². The number of amides is 1. The third-order valence-electron chi connectivity index (χ3n) is 4.17. The summed E-state index contributed by atoms with van der Waals surface area (Å²) in [6, 6.07) is 18.0. The number of benzene rings is 2. The average Bonchev–Trinajstić information content (AvgIpc) is 3.04. The Hall–Kier alpha value is -2.86. The van der Waals surface area contributed by atoms with Crippen LogP contribution in [0.15, 0.2) is 54.6 Å². The molecule has 0 radical (unpaired) electrons. The maximum atomic E-state index is 12.4. The number of rotatable bonds is 10. The van der Waals surface area contributed by atoms with Crippen molar-refractivity contribution in [3.8, 4) is 0 Å². The normalized spacial score (nSPS) is 10.9. The minimum atomic E-state index is -0.0546. The molecule has 0 aliphatic heterocycles. The van der Waals surface area contributed by atoms with E-state index < -0.39 is 0 Å². The van der Waals surface area contributed by atoms with E-state index in [1.807, 2.05) is 47.0 Å². The van der Waals surface area contributed by atoms with Crippen LogP contribution in [0, 0.1) is 0 Å². The van der Waals surface area contributed by atoms with Crippen LogP contribution in [0.5, 0.6) is 0 Å². The summed E-state index contributed by atoms with van der Waals surface area (Å²) < 4.78 is 7.32. The van der Waals surface area contributed by atoms with Crippen molar-refractivity contribution in [2.45, 2.75) is 26.4 Å². The van der Waals surface area contributed by atoms with Gasteiger partial charge >= 0.3 is 0 Å². The number of carbonyl (C=O) groups is 1. The number of fused-ring (bicyclic) bond motifs is 1. The SMILES string of the molecule is CCCOCCNC(=O)Cn1c(NCc2ccccc2)nc2ccccc21. The molecular weight excluding hydrogens is 340 g/mol. The van der Waals surface area contributed by atoms with E-state index in [1.165, 1.54) is 0 Å². The topological polar surface area (TPSA) is 68.2 Å². The first-order chi connectivity index (χ1) is 13.3. The number of para-hydroxylation sites is 2. The van der Waals surface area contributed by atoms with E-state index in [-0.39, 0.29) is 12.5 Å². The van der Waals surface area contributed by atoms with Crippen LogP contribution >= 0.6 is 0 Å². The first-order valence-electron chi connectivity index (χ1n) is 9.35. The quantitative estimate of drug-likeness (QED) is 0.541. The Balaban J connectivity index is 1.68. The van der Waals surface area contributed by atoms with Crippen molar-refractivity contribution < 1.29 is 9.53 Å². The highest BCUT2D eigenvalue weighted by molar-refractivity contribution is 5.83. The van der Waals surface area contributed by atoms with Crippen LogP contribution in [-0.4, -0.2) is 35.2 Å². The zero-order valence-electron chi connectivity index (χ0n) is 15.6. The van der Waals surface area contributed by atoms with Crippen molar-refractivity contribution in [3.63, 3.8) is 0 Å². The van der Waals surface area contributed by atoms with Gasteiger partial charge in [-0.15, -0.1) is 0 Å². The van der Waals surface area contributed by atoms with E-state index in [0.29, 0.717) is 25.6 Å². The number of ether oxygens (including phenoxy) is 1. The van der Waals surface area contributed by atoms with E-state index in [4.69, 9.17) is 4.74 Å². The number of carbonyl (C=O) groups excluding carboxylic acids is 1. The molecule has 0 bridgehead atoms. The van der Waals surface area contributed by atoms with E-state index >= 15 is 0 Å². The van der Waals surface area contributed by atoms with Crippen LogP contribution in [0.1, 0.15) is 18.9 Å². The summed E-state index contributed by atoms with van der Waals surface area (Å²) in [6.07, 6.45) is 0.978. The van der Waals surface area contributed by atoms with Crippen LogP contribution in [0.3, 0.4) is 0 Å². The lowest BCUT2D eigenvalue weighted by Crippen LogP contribution is -2.31. The highest BCUT2D eigenvalue weighted by atomic mass is 16.5. The summed E-state index contributed by atoms with van der Waals surface area (Å²) in [5, 5.41) is 6.26. The maximum absolute atomic E-state index is 12.4. The third-order valence-corrected chi connectivity index (χ3v) is 4.17. The van der Waals surface area contributed by atoms with Crippen molar-refractivity contribution in [2.75, 3.05) is 25.1 Å². The van der Waals surface area contributed by atoms with Gasteiger partial charge in [0.25, 0.3) is 0 Å². The Morgan fingerprint density at radius 1 is 1.07 bits per heavy atom. The van der Waals surface area contributed by atoms with Gasteiger partial charge in [-0.3, -0.25) is 4.79 Å². The van der Waals surface area contributed by atoms with E-state index in [2.05, 4.69) is 34.7 Å². The molecule has 6 nitrogen and oxygen atoms in total. The molecule has 0 saturated carbocycles. The molecule has 1 heterocycles. The zero-order valence-corrected chi connectivity index (χ0v) is 15.6. The number of hydrogen-bond acceptors (Lipinski definition) is 4. The highest BCUT2D eigenvalue weighted by Gasteiger charge is 2.13. The van der Waals surface area contributed by atoms with E-state index in [9.17, 15) is 4.79 Å². The summed E-state index contributed by atoms with van der Waals surface area (Å²) in [6.45, 7) is 4.69. The van der Waals surface area contributed by atoms with Gasteiger partial charge in [-0.25, -0.2) is 4.98 Å². The lowest BCUT2D eigenvalue weighted by molar-refractivity contribution is -0.121. The summed E-state index contributed by atoms with van der Waals surface area (Å²) in [5.74, 6) is 0.637. The van der Waals surface area contributed by atoms with Gasteiger partial charge in [0.1, 0.15) is 6.54 Å². The second kappa shape index (κ2) is 9.73. The Morgan fingerprint density at radius 2 is 1.85 bits per heavy atom. The third kappa shape index (κ3) is 5.31. The van der Waals surface area contributed by atoms with Crippen LogP contribution in [0.4, 0.5) is 5.95 Å². The van der Waals surface area contributed by atoms with Crippen molar-refractivity contribution in [1.29, 1.82) is 0 Å². The minimum absolute atomic E-state index is 0.0546. The van der Waals surface area contributed by atoms with Gasteiger partial charge < -0.3 is 19.9 Å². The number of nitrogens with one attached hydrogen (secondary N) is 2. The smallest absolute Gasteiger partial charge is 0.240 e. The van der Waals surface area contributed by atoms with Gasteiger partial charge in [-0.1, -0.05) is 49.4 Å². The molecule has 6 heteroatoms. The van der Waals surface area contributed by atoms with Crippen LogP contribution < -0.4 is 10.6 Å². The number of nitrogens with zero attached hydrogens (tertiary/aromatic N) is 2. The molecule has 0 atom stereocenters. The second-order valence-electron chi connectivity index (χ2n) is 6.31. The van der Waals surface area contributed by atoms with Gasteiger partial charge in [0.15, 0.2) is 0 Å². The standard InChI is InChI=1S/C21H26N4O2/c1-2-13-27-14-12-22-20(26)16-25-19-11-7-6-10-18(19)24-21(25)23-15-17-8-4-3-5-9-17/h3-11H,2,12-16H2,1H3,(H,22,26)(H,23,24). The molecule has 3 aromatic rings. The fourth-order valence-electron chi connectivity index (χ4n) is 2.86. The highest BCUT2D eigenvalue weighted by Crippen LogP contribution is 2.20. The predicted octanol–water partition coefficient (Wildman–Crippen LogP) is 3.19. The van der Waals surface area contributed by atoms with Gasteiger partial charge in [-0.2, -0.15) is 0 Å². The molecule has 3 rings (SSSR count). The van der Waals surface area contributed by atoms with E-state index in [1.54, 1.807) is 0 Å². The molecule has 1 amide bonds. The largest absolute Gasteiger partial charge is 0.380 e. The monoisotopic (exact) mass is 366 g/mol. The maximum Gasteiger partial charge on any atom is 0.240 e. The zero-order chi connectivity index (χ0) is 18.9. The molecule has 1 aromatic heterocycles. The number of imidazole rings is 1. The Morgan fingerprint density at radius 3 is 2.67 bits per heavy atom. The lowest BCUT2D eigenvalue weighted by atomic mass is 10.2. The van der Waals surface area contributed by atoms with Crippen molar-refractivity contribution >= 4 is 22.9 Å². The second-order valence-corrected chi connectivity index (χ2v) is 6.31. The lowest BCUT2D eigenvalue weighted by Gasteiger charge is -2.11. The van der Waals surface area contributed by atoms with Gasteiger partial charge in [0.2, 0.25) is 11.9 Å². The summed E-state index contributed by atoms with van der Waals surface area (Å²) >= 11 is 0. The van der Waals surface area contributed by atoms with Gasteiger partial charge in [-0.05, 0) is 24.1 Å². The van der Waals surface area contributed by atoms with Gasteiger partial charge in [0.05, 0.1) is 17.6 Å². The summed E-state index contributed by atoms with van der Waals surface area (Å²) in [5.41, 5.74) is 2.96. The molecule has 0 saturated heterocycles. The predicted molar refractivity (Wildman–Crippen MR) is 108 cm³/mol. The van der Waals surface area contributed by atoms with Crippen LogP contribution in [0.2, 0.25) is 0 Å². The van der Waals surface area contributed by atoms with Crippen LogP contribution in [-0.2, 0) is 22.6 Å². The molecule has 0 spiro atoms. The molecule has 142 valence electrons. The van der Waals surface area contributed by atoms with Crippen molar-refractivity contribution in [2.24, 2.45) is 0 Å². The van der Waals surface area contributed by atoms with E-state index in [0.717, 1.165) is 29.6 Å². The Labute approximate surface area is 159 Å².